The largest absolute Gasteiger partial charge is 0.462 e. The molecule has 3 aromatic rings. The minimum Gasteiger partial charge on any atom is -0.462 e. The van der Waals surface area contributed by atoms with Crippen LogP contribution in [0.1, 0.15) is 35.9 Å². The van der Waals surface area contributed by atoms with Crippen molar-refractivity contribution in [1.82, 2.24) is 0 Å². The van der Waals surface area contributed by atoms with E-state index in [1.165, 1.54) is 12.1 Å². The number of esters is 1. The zero-order valence-electron chi connectivity index (χ0n) is 15.0. The third-order valence-corrected chi connectivity index (χ3v) is 3.91. The lowest BCUT2D eigenvalue weighted by molar-refractivity contribution is 0.0500. The van der Waals surface area contributed by atoms with Gasteiger partial charge < -0.3 is 9.15 Å². The number of halogens is 1. The zero-order chi connectivity index (χ0) is 19.1. The van der Waals surface area contributed by atoms with Crippen molar-refractivity contribution < 1.29 is 18.3 Å². The smallest absolute Gasteiger partial charge is 0.338 e. The molecule has 4 nitrogen and oxygen atoms in total. The van der Waals surface area contributed by atoms with E-state index in [0.717, 1.165) is 12.8 Å². The van der Waals surface area contributed by atoms with Gasteiger partial charge in [-0.1, -0.05) is 25.5 Å². The number of ether oxygens (including phenoxy) is 1. The Bertz CT molecular complexity index is 929. The minimum atomic E-state index is -0.329. The summed E-state index contributed by atoms with van der Waals surface area (Å²) in [6, 6.07) is 16.6. The quantitative estimate of drug-likeness (QED) is 0.302. The third kappa shape index (κ3) is 5.14. The van der Waals surface area contributed by atoms with Crippen molar-refractivity contribution in [2.45, 2.75) is 19.8 Å². The highest BCUT2D eigenvalue weighted by Gasteiger charge is 2.07. The number of furan rings is 1. The second kappa shape index (κ2) is 8.94. The molecule has 1 aromatic heterocycles. The van der Waals surface area contributed by atoms with E-state index in [1.54, 1.807) is 54.7 Å². The van der Waals surface area contributed by atoms with Crippen LogP contribution in [0, 0.1) is 5.82 Å². The van der Waals surface area contributed by atoms with Gasteiger partial charge in [-0.05, 0) is 55.0 Å². The van der Waals surface area contributed by atoms with Gasteiger partial charge in [0.1, 0.15) is 17.3 Å². The van der Waals surface area contributed by atoms with Gasteiger partial charge in [0.05, 0.1) is 24.1 Å². The summed E-state index contributed by atoms with van der Waals surface area (Å²) in [5, 5.41) is 0. The monoisotopic (exact) mass is 365 g/mol. The van der Waals surface area contributed by atoms with Crippen molar-refractivity contribution in [3.63, 3.8) is 0 Å². The molecule has 3 rings (SSSR count). The molecule has 5 heteroatoms. The van der Waals surface area contributed by atoms with Crippen molar-refractivity contribution in [2.75, 3.05) is 6.61 Å². The molecular formula is C22H20FNO3. The Labute approximate surface area is 157 Å². The van der Waals surface area contributed by atoms with Crippen LogP contribution < -0.4 is 0 Å². The number of benzene rings is 2. The van der Waals surface area contributed by atoms with Crippen molar-refractivity contribution >= 4 is 17.9 Å². The Hall–Kier alpha value is -3.21. The van der Waals surface area contributed by atoms with Crippen molar-refractivity contribution in [1.29, 1.82) is 0 Å². The van der Waals surface area contributed by atoms with Crippen LogP contribution in [0.15, 0.2) is 70.1 Å². The molecule has 0 N–H and O–H groups in total. The van der Waals surface area contributed by atoms with E-state index in [1.807, 2.05) is 6.92 Å². The van der Waals surface area contributed by atoms with Crippen molar-refractivity contribution in [3.05, 3.63) is 77.8 Å². The summed E-state index contributed by atoms with van der Waals surface area (Å²) >= 11 is 0. The molecule has 0 saturated heterocycles. The molecule has 27 heavy (non-hydrogen) atoms. The van der Waals surface area contributed by atoms with Gasteiger partial charge in [0, 0.05) is 5.56 Å². The first-order valence-electron chi connectivity index (χ1n) is 8.83. The maximum absolute atomic E-state index is 13.3. The molecule has 0 fully saturated rings. The first kappa shape index (κ1) is 18.6. The topological polar surface area (TPSA) is 51.8 Å². The number of carbonyl (C=O) groups is 1. The summed E-state index contributed by atoms with van der Waals surface area (Å²) in [5.41, 5.74) is 1.85. The van der Waals surface area contributed by atoms with Gasteiger partial charge >= 0.3 is 5.97 Å². The Balaban J connectivity index is 1.64. The SMILES string of the molecule is CCCCOC(=O)c1ccc(N=Cc2ccc(-c3cccc(F)c3)o2)cc1. The van der Waals surface area contributed by atoms with Crippen molar-refractivity contribution in [2.24, 2.45) is 4.99 Å². The number of hydrogen-bond donors (Lipinski definition) is 0. The van der Waals surface area contributed by atoms with Gasteiger partial charge in [-0.25, -0.2) is 9.18 Å². The van der Waals surface area contributed by atoms with Crippen molar-refractivity contribution in [3.8, 4) is 11.3 Å². The molecule has 0 spiro atoms. The number of carbonyl (C=O) groups excluding carboxylic acids is 1. The van der Waals surface area contributed by atoms with Crippen LogP contribution in [0.2, 0.25) is 0 Å². The number of unbranched alkanes of at least 4 members (excludes halogenated alkanes) is 1. The number of aliphatic imine (C=N–C) groups is 1. The second-order valence-electron chi connectivity index (χ2n) is 6.01. The Morgan fingerprint density at radius 3 is 2.70 bits per heavy atom. The van der Waals surface area contributed by atoms with Gasteiger partial charge in [-0.2, -0.15) is 0 Å². The highest BCUT2D eigenvalue weighted by atomic mass is 19.1. The van der Waals surface area contributed by atoms with Gasteiger partial charge in [-0.3, -0.25) is 4.99 Å². The Morgan fingerprint density at radius 1 is 1.15 bits per heavy atom. The van der Waals surface area contributed by atoms with Crippen LogP contribution in [-0.2, 0) is 4.74 Å². The van der Waals surface area contributed by atoms with E-state index in [9.17, 15) is 9.18 Å². The average Bonchev–Trinajstić information content (AvgIpc) is 3.16. The summed E-state index contributed by atoms with van der Waals surface area (Å²) < 4.78 is 24.1. The minimum absolute atomic E-state index is 0.313. The van der Waals surface area contributed by atoms with E-state index in [-0.39, 0.29) is 11.8 Å². The van der Waals surface area contributed by atoms with Crippen LogP contribution in [-0.4, -0.2) is 18.8 Å². The van der Waals surface area contributed by atoms with Gasteiger partial charge in [0.2, 0.25) is 0 Å². The first-order chi connectivity index (χ1) is 13.2. The molecule has 0 unspecified atom stereocenters. The number of nitrogens with zero attached hydrogens (tertiary/aromatic N) is 1. The molecule has 0 radical (unpaired) electrons. The maximum atomic E-state index is 13.3. The molecule has 0 aliphatic rings. The van der Waals surface area contributed by atoms with Crippen LogP contribution in [0.5, 0.6) is 0 Å². The van der Waals surface area contributed by atoms with E-state index in [4.69, 9.17) is 9.15 Å². The lowest BCUT2D eigenvalue weighted by Gasteiger charge is -2.03. The van der Waals surface area contributed by atoms with Crippen LogP contribution >= 0.6 is 0 Å². The van der Waals surface area contributed by atoms with Crippen LogP contribution in [0.4, 0.5) is 10.1 Å². The molecule has 0 aliphatic carbocycles. The lowest BCUT2D eigenvalue weighted by atomic mass is 10.2. The van der Waals surface area contributed by atoms with E-state index >= 15 is 0 Å². The predicted molar refractivity (Wildman–Crippen MR) is 103 cm³/mol. The molecule has 0 aliphatic heterocycles. The normalized spacial score (nSPS) is 11.0. The molecule has 1 heterocycles. The zero-order valence-corrected chi connectivity index (χ0v) is 15.0. The highest BCUT2D eigenvalue weighted by molar-refractivity contribution is 5.90. The fourth-order valence-corrected chi connectivity index (χ4v) is 2.43. The van der Waals surface area contributed by atoms with E-state index in [0.29, 0.717) is 34.9 Å². The maximum Gasteiger partial charge on any atom is 0.338 e. The fourth-order valence-electron chi connectivity index (χ4n) is 2.43. The second-order valence-corrected chi connectivity index (χ2v) is 6.01. The number of hydrogen-bond acceptors (Lipinski definition) is 4. The molecule has 0 bridgehead atoms. The molecule has 0 saturated carbocycles. The summed E-state index contributed by atoms with van der Waals surface area (Å²) in [7, 11) is 0. The lowest BCUT2D eigenvalue weighted by Crippen LogP contribution is -2.05. The fraction of sp³-hybridized carbons (Fsp3) is 0.182. The molecule has 0 amide bonds. The standard InChI is InChI=1S/C22H20FNO3/c1-2-3-13-26-22(25)16-7-9-19(10-8-16)24-15-20-11-12-21(27-20)17-5-4-6-18(23)14-17/h4-12,14-15H,2-3,13H2,1H3. The first-order valence-corrected chi connectivity index (χ1v) is 8.83. The summed E-state index contributed by atoms with van der Waals surface area (Å²) in [4.78, 5) is 16.2. The average molecular weight is 365 g/mol. The van der Waals surface area contributed by atoms with E-state index in [2.05, 4.69) is 4.99 Å². The molecular weight excluding hydrogens is 345 g/mol. The molecule has 0 atom stereocenters. The summed E-state index contributed by atoms with van der Waals surface area (Å²) in [6.45, 7) is 2.47. The number of rotatable bonds is 7. The Kier molecular flexibility index (Phi) is 6.15. The van der Waals surface area contributed by atoms with Gasteiger partial charge in [0.15, 0.2) is 0 Å². The van der Waals surface area contributed by atoms with Crippen LogP contribution in [0.25, 0.3) is 11.3 Å². The molecule has 138 valence electrons. The summed E-state index contributed by atoms with van der Waals surface area (Å²) in [6.07, 6.45) is 3.42. The van der Waals surface area contributed by atoms with Gasteiger partial charge in [-0.15, -0.1) is 0 Å². The van der Waals surface area contributed by atoms with Gasteiger partial charge in [0.25, 0.3) is 0 Å². The Morgan fingerprint density at radius 2 is 1.96 bits per heavy atom. The molecule has 2 aromatic carbocycles. The van der Waals surface area contributed by atoms with Crippen LogP contribution in [0.3, 0.4) is 0 Å². The van der Waals surface area contributed by atoms with E-state index < -0.39 is 0 Å². The highest BCUT2D eigenvalue weighted by Crippen LogP contribution is 2.22. The predicted octanol–water partition coefficient (Wildman–Crippen LogP) is 5.79. The summed E-state index contributed by atoms with van der Waals surface area (Å²) in [5.74, 6) is 0.482. The third-order valence-electron chi connectivity index (χ3n) is 3.91.